The van der Waals surface area contributed by atoms with Crippen LogP contribution in [0.15, 0.2) is 47.6 Å². The van der Waals surface area contributed by atoms with Crippen LogP contribution < -0.4 is 0 Å². The zero-order chi connectivity index (χ0) is 19.5. The predicted molar refractivity (Wildman–Crippen MR) is 119 cm³/mol. The van der Waals surface area contributed by atoms with Gasteiger partial charge in [-0.15, -0.1) is 0 Å². The van der Waals surface area contributed by atoms with E-state index in [0.717, 1.165) is 12.3 Å². The summed E-state index contributed by atoms with van der Waals surface area (Å²) in [7, 11) is 0. The van der Waals surface area contributed by atoms with Crippen molar-refractivity contribution in [2.75, 3.05) is 0 Å². The van der Waals surface area contributed by atoms with E-state index in [0.29, 0.717) is 5.92 Å². The van der Waals surface area contributed by atoms with E-state index in [1.54, 1.807) is 0 Å². The fourth-order valence-electron chi connectivity index (χ4n) is 3.31. The molecule has 0 rings (SSSR count). The lowest BCUT2D eigenvalue weighted by atomic mass is 9.85. The molecule has 0 spiro atoms. The highest BCUT2D eigenvalue weighted by Crippen LogP contribution is 2.28. The fraction of sp³-hybridized carbons (Fsp3) is 0.680. The van der Waals surface area contributed by atoms with Gasteiger partial charge in [0.1, 0.15) is 0 Å². The molecule has 0 bridgehead atoms. The largest absolute Gasteiger partial charge is 0.0874 e. The molecule has 0 heteroatoms. The third-order valence-electron chi connectivity index (χ3n) is 4.44. The second-order valence-corrected chi connectivity index (χ2v) is 6.92. The van der Waals surface area contributed by atoms with Crippen LogP contribution in [-0.4, -0.2) is 0 Å². The van der Waals surface area contributed by atoms with Crippen molar-refractivity contribution in [1.82, 2.24) is 0 Å². The molecule has 0 fully saturated rings. The van der Waals surface area contributed by atoms with Gasteiger partial charge in [-0.3, -0.25) is 0 Å². The predicted octanol–water partition coefficient (Wildman–Crippen LogP) is 9.06. The van der Waals surface area contributed by atoms with Gasteiger partial charge in [0.25, 0.3) is 0 Å². The van der Waals surface area contributed by atoms with Gasteiger partial charge < -0.3 is 0 Å². The van der Waals surface area contributed by atoms with Crippen molar-refractivity contribution in [3.05, 3.63) is 47.6 Å². The molecule has 0 amide bonds. The van der Waals surface area contributed by atoms with Crippen LogP contribution in [0.3, 0.4) is 0 Å². The summed E-state index contributed by atoms with van der Waals surface area (Å²) >= 11 is 0. The van der Waals surface area contributed by atoms with Crippen molar-refractivity contribution in [2.45, 2.75) is 100 Å². The van der Waals surface area contributed by atoms with E-state index in [2.05, 4.69) is 91.8 Å². The van der Waals surface area contributed by atoms with Crippen LogP contribution in [0.25, 0.3) is 0 Å². The number of allylic oxidation sites excluding steroid dienone is 8. The van der Waals surface area contributed by atoms with Crippen LogP contribution in [0, 0.1) is 11.8 Å². The molecule has 146 valence electrons. The highest BCUT2D eigenvalue weighted by Gasteiger charge is 2.13. The molecular weight excluding hydrogens is 300 g/mol. The summed E-state index contributed by atoms with van der Waals surface area (Å²) in [4.78, 5) is 0. The first-order chi connectivity index (χ1) is 12.1. The minimum absolute atomic E-state index is 0.553. The van der Waals surface area contributed by atoms with Crippen LogP contribution in [0.5, 0.6) is 0 Å². The molecule has 0 N–H and O–H groups in total. The molecule has 0 aliphatic heterocycles. The maximum atomic E-state index is 2.35. The molecule has 1 unspecified atom stereocenters. The third-order valence-corrected chi connectivity index (χ3v) is 4.44. The van der Waals surface area contributed by atoms with Crippen LogP contribution in [0.2, 0.25) is 0 Å². The SMILES string of the molecule is C/C=C\C(=C/C)C(CCC)C(/C=C\C)=C/CC.CCCC(C)CCC. The first-order valence-electron chi connectivity index (χ1n) is 10.7. The molecule has 0 radical (unpaired) electrons. The minimum atomic E-state index is 0.553. The molecule has 0 saturated carbocycles. The molecule has 0 saturated heterocycles. The minimum Gasteiger partial charge on any atom is -0.0874 e. The van der Waals surface area contributed by atoms with Gasteiger partial charge in [0.15, 0.2) is 0 Å². The molecule has 0 aromatic rings. The third kappa shape index (κ3) is 13.9. The molecule has 0 aliphatic rings. The van der Waals surface area contributed by atoms with Crippen molar-refractivity contribution >= 4 is 0 Å². The van der Waals surface area contributed by atoms with E-state index in [4.69, 9.17) is 0 Å². The summed E-state index contributed by atoms with van der Waals surface area (Å²) in [6, 6.07) is 0. The topological polar surface area (TPSA) is 0 Å². The lowest BCUT2D eigenvalue weighted by molar-refractivity contribution is 0.480. The summed E-state index contributed by atoms with van der Waals surface area (Å²) in [6.07, 6.45) is 22.4. The Hall–Kier alpha value is -1.04. The Morgan fingerprint density at radius 1 is 0.720 bits per heavy atom. The van der Waals surface area contributed by atoms with Gasteiger partial charge >= 0.3 is 0 Å². The molecule has 25 heavy (non-hydrogen) atoms. The Labute approximate surface area is 160 Å². The lowest BCUT2D eigenvalue weighted by Crippen LogP contribution is -2.05. The molecule has 0 aromatic heterocycles. The van der Waals surface area contributed by atoms with Gasteiger partial charge in [-0.25, -0.2) is 0 Å². The molecular formula is C25H46. The van der Waals surface area contributed by atoms with Crippen molar-refractivity contribution in [3.8, 4) is 0 Å². The summed E-state index contributed by atoms with van der Waals surface area (Å²) in [5.41, 5.74) is 2.90. The normalized spacial score (nSPS) is 14.3. The molecule has 1 atom stereocenters. The molecule has 0 aliphatic carbocycles. The van der Waals surface area contributed by atoms with Crippen molar-refractivity contribution < 1.29 is 0 Å². The second-order valence-electron chi connectivity index (χ2n) is 6.92. The Morgan fingerprint density at radius 3 is 1.56 bits per heavy atom. The summed E-state index contributed by atoms with van der Waals surface area (Å²) < 4.78 is 0. The molecule has 0 heterocycles. The standard InChI is InChI=1S/C17H28.C8H18/c1-6-11-15(10-5)17(14-9-4)16(12-7-2)13-8-3;1-4-6-8(3)7-5-2/h6-7,10-13,17H,8-9,14H2,1-5H3;8H,4-7H2,1-3H3/b11-6-,12-7-,15-10+,16-13+;. The van der Waals surface area contributed by atoms with Gasteiger partial charge in [0, 0.05) is 5.92 Å². The maximum absolute atomic E-state index is 2.35. The van der Waals surface area contributed by atoms with E-state index in [1.807, 2.05) is 0 Å². The van der Waals surface area contributed by atoms with E-state index in [-0.39, 0.29) is 0 Å². The second kappa shape index (κ2) is 19.3. The van der Waals surface area contributed by atoms with Gasteiger partial charge in [0.05, 0.1) is 0 Å². The van der Waals surface area contributed by atoms with Crippen LogP contribution in [0.1, 0.15) is 100 Å². The van der Waals surface area contributed by atoms with E-state index < -0.39 is 0 Å². The molecule has 0 nitrogen and oxygen atoms in total. The summed E-state index contributed by atoms with van der Waals surface area (Å²) in [5.74, 6) is 1.52. The number of hydrogen-bond donors (Lipinski definition) is 0. The lowest BCUT2D eigenvalue weighted by Gasteiger charge is -2.19. The van der Waals surface area contributed by atoms with Crippen molar-refractivity contribution in [3.63, 3.8) is 0 Å². The number of rotatable bonds is 11. The Kier molecular flexibility index (Phi) is 20.2. The Bertz CT molecular complexity index is 386. The average molecular weight is 347 g/mol. The Morgan fingerprint density at radius 2 is 1.20 bits per heavy atom. The first-order valence-corrected chi connectivity index (χ1v) is 10.7. The maximum Gasteiger partial charge on any atom is 0.00825 e. The van der Waals surface area contributed by atoms with Gasteiger partial charge in [-0.2, -0.15) is 0 Å². The average Bonchev–Trinajstić information content (AvgIpc) is 2.59. The van der Waals surface area contributed by atoms with E-state index in [1.165, 1.54) is 49.7 Å². The Balaban J connectivity index is 0. The first kappa shape index (κ1) is 26.2. The monoisotopic (exact) mass is 346 g/mol. The highest BCUT2D eigenvalue weighted by atomic mass is 14.2. The smallest absolute Gasteiger partial charge is 0.00825 e. The highest BCUT2D eigenvalue weighted by molar-refractivity contribution is 5.34. The van der Waals surface area contributed by atoms with Crippen molar-refractivity contribution in [2.24, 2.45) is 11.8 Å². The van der Waals surface area contributed by atoms with Crippen molar-refractivity contribution in [1.29, 1.82) is 0 Å². The van der Waals surface area contributed by atoms with Gasteiger partial charge in [0.2, 0.25) is 0 Å². The van der Waals surface area contributed by atoms with Crippen LogP contribution in [-0.2, 0) is 0 Å². The number of hydrogen-bond acceptors (Lipinski definition) is 0. The quantitative estimate of drug-likeness (QED) is 0.327. The van der Waals surface area contributed by atoms with E-state index >= 15 is 0 Å². The van der Waals surface area contributed by atoms with Crippen LogP contribution >= 0.6 is 0 Å². The zero-order valence-electron chi connectivity index (χ0n) is 18.6. The molecule has 0 aromatic carbocycles. The summed E-state index contributed by atoms with van der Waals surface area (Å²) in [6.45, 7) is 17.6. The van der Waals surface area contributed by atoms with E-state index in [9.17, 15) is 0 Å². The van der Waals surface area contributed by atoms with Crippen LogP contribution in [0.4, 0.5) is 0 Å². The fourth-order valence-corrected chi connectivity index (χ4v) is 3.31. The zero-order valence-corrected chi connectivity index (χ0v) is 18.6. The van der Waals surface area contributed by atoms with Gasteiger partial charge in [-0.05, 0) is 50.7 Å². The summed E-state index contributed by atoms with van der Waals surface area (Å²) in [5, 5.41) is 0. The van der Waals surface area contributed by atoms with Gasteiger partial charge in [-0.1, -0.05) is 103 Å².